The van der Waals surface area contributed by atoms with Gasteiger partial charge in [-0.25, -0.2) is 4.98 Å². The van der Waals surface area contributed by atoms with E-state index in [2.05, 4.69) is 43.0 Å². The summed E-state index contributed by atoms with van der Waals surface area (Å²) in [7, 11) is 4.37. The molecule has 3 nitrogen and oxygen atoms in total. The van der Waals surface area contributed by atoms with E-state index >= 15 is 0 Å². The van der Waals surface area contributed by atoms with Crippen molar-refractivity contribution in [2.24, 2.45) is 0 Å². The highest BCUT2D eigenvalue weighted by atomic mass is 35.5. The van der Waals surface area contributed by atoms with Gasteiger partial charge in [-0.2, -0.15) is 0 Å². The van der Waals surface area contributed by atoms with Gasteiger partial charge in [0.25, 0.3) is 0 Å². The Morgan fingerprint density at radius 2 is 2.25 bits per heavy atom. The zero-order valence-corrected chi connectivity index (χ0v) is 13.7. The van der Waals surface area contributed by atoms with Crippen LogP contribution in [0.15, 0.2) is 12.1 Å². The molecule has 1 atom stereocenters. The van der Waals surface area contributed by atoms with E-state index in [1.165, 1.54) is 24.9 Å². The maximum Gasteiger partial charge on any atom is 0.129 e. The molecule has 0 aliphatic carbocycles. The Balaban J connectivity index is 2.19. The number of halogens is 1. The summed E-state index contributed by atoms with van der Waals surface area (Å²) in [5.74, 6) is 1.64. The SMILES string of the molecule is CCCc1cc(CCl)cc(N(C)C2CCCN(C)C2)n1. The molecule has 112 valence electrons. The smallest absolute Gasteiger partial charge is 0.129 e. The van der Waals surface area contributed by atoms with E-state index in [1.54, 1.807) is 0 Å². The third-order valence-corrected chi connectivity index (χ3v) is 4.40. The van der Waals surface area contributed by atoms with Crippen LogP contribution in [0.25, 0.3) is 0 Å². The van der Waals surface area contributed by atoms with E-state index in [-0.39, 0.29) is 0 Å². The maximum atomic E-state index is 6.03. The van der Waals surface area contributed by atoms with E-state index in [1.807, 2.05) is 0 Å². The van der Waals surface area contributed by atoms with Crippen molar-refractivity contribution >= 4 is 17.4 Å². The predicted octanol–water partition coefficient (Wildman–Crippen LogP) is 3.30. The fourth-order valence-electron chi connectivity index (χ4n) is 2.92. The van der Waals surface area contributed by atoms with Crippen molar-refractivity contribution in [2.75, 3.05) is 32.1 Å². The number of aryl methyl sites for hydroxylation is 1. The molecule has 1 aromatic heterocycles. The van der Waals surface area contributed by atoms with Crippen LogP contribution in [0.4, 0.5) is 5.82 Å². The van der Waals surface area contributed by atoms with E-state index < -0.39 is 0 Å². The number of piperidine rings is 1. The second kappa shape index (κ2) is 7.28. The Morgan fingerprint density at radius 3 is 2.90 bits per heavy atom. The van der Waals surface area contributed by atoms with Crippen molar-refractivity contribution in [3.05, 3.63) is 23.4 Å². The zero-order chi connectivity index (χ0) is 14.5. The molecule has 1 unspecified atom stereocenters. The molecule has 0 N–H and O–H groups in total. The lowest BCUT2D eigenvalue weighted by atomic mass is 10.0. The lowest BCUT2D eigenvalue weighted by molar-refractivity contribution is 0.247. The molecule has 4 heteroatoms. The molecular weight excluding hydrogens is 270 g/mol. The van der Waals surface area contributed by atoms with Crippen LogP contribution in [0.2, 0.25) is 0 Å². The second-order valence-corrected chi connectivity index (χ2v) is 6.15. The largest absolute Gasteiger partial charge is 0.355 e. The molecule has 1 fully saturated rings. The molecule has 0 spiro atoms. The summed E-state index contributed by atoms with van der Waals surface area (Å²) in [5.41, 5.74) is 2.34. The first-order chi connectivity index (χ1) is 9.63. The summed E-state index contributed by atoms with van der Waals surface area (Å²) in [4.78, 5) is 9.56. The Hall–Kier alpha value is -0.800. The van der Waals surface area contributed by atoms with Crippen LogP contribution in [0.1, 0.15) is 37.4 Å². The number of rotatable bonds is 5. The van der Waals surface area contributed by atoms with Crippen LogP contribution in [0, 0.1) is 0 Å². The highest BCUT2D eigenvalue weighted by molar-refractivity contribution is 6.17. The van der Waals surface area contributed by atoms with Gasteiger partial charge in [0.1, 0.15) is 5.82 Å². The van der Waals surface area contributed by atoms with Crippen molar-refractivity contribution in [3.63, 3.8) is 0 Å². The van der Waals surface area contributed by atoms with Gasteiger partial charge >= 0.3 is 0 Å². The number of hydrogen-bond acceptors (Lipinski definition) is 3. The quantitative estimate of drug-likeness (QED) is 0.777. The van der Waals surface area contributed by atoms with Gasteiger partial charge < -0.3 is 9.80 Å². The van der Waals surface area contributed by atoms with Crippen molar-refractivity contribution in [2.45, 2.75) is 44.5 Å². The van der Waals surface area contributed by atoms with Crippen LogP contribution in [-0.2, 0) is 12.3 Å². The average Bonchev–Trinajstić information content (AvgIpc) is 2.46. The molecule has 0 bridgehead atoms. The number of aromatic nitrogens is 1. The monoisotopic (exact) mass is 295 g/mol. The topological polar surface area (TPSA) is 19.4 Å². The summed E-state index contributed by atoms with van der Waals surface area (Å²) < 4.78 is 0. The molecule has 20 heavy (non-hydrogen) atoms. The molecule has 1 saturated heterocycles. The Labute approximate surface area is 127 Å². The van der Waals surface area contributed by atoms with E-state index in [9.17, 15) is 0 Å². The minimum atomic E-state index is 0.557. The summed E-state index contributed by atoms with van der Waals surface area (Å²) in [6.45, 7) is 4.52. The van der Waals surface area contributed by atoms with Gasteiger partial charge in [-0.05, 0) is 50.6 Å². The summed E-state index contributed by atoms with van der Waals surface area (Å²) in [6.07, 6.45) is 4.66. The number of alkyl halides is 1. The van der Waals surface area contributed by atoms with E-state index in [0.717, 1.165) is 30.9 Å². The average molecular weight is 296 g/mol. The van der Waals surface area contributed by atoms with Crippen LogP contribution >= 0.6 is 11.6 Å². The van der Waals surface area contributed by atoms with Gasteiger partial charge in [-0.1, -0.05) is 13.3 Å². The molecular formula is C16H26ClN3. The molecule has 0 saturated carbocycles. The van der Waals surface area contributed by atoms with Gasteiger partial charge in [-0.3, -0.25) is 0 Å². The fourth-order valence-corrected chi connectivity index (χ4v) is 3.07. The molecule has 0 radical (unpaired) electrons. The molecule has 1 aromatic rings. The van der Waals surface area contributed by atoms with Crippen LogP contribution in [0.5, 0.6) is 0 Å². The third-order valence-electron chi connectivity index (χ3n) is 4.09. The number of anilines is 1. The van der Waals surface area contributed by atoms with Gasteiger partial charge in [0.15, 0.2) is 0 Å². The maximum absolute atomic E-state index is 6.03. The number of hydrogen-bond donors (Lipinski definition) is 0. The van der Waals surface area contributed by atoms with Gasteiger partial charge in [0, 0.05) is 31.2 Å². The zero-order valence-electron chi connectivity index (χ0n) is 12.9. The van der Waals surface area contributed by atoms with Crippen molar-refractivity contribution in [1.82, 2.24) is 9.88 Å². The molecule has 0 aromatic carbocycles. The normalized spacial score (nSPS) is 20.1. The summed E-state index contributed by atoms with van der Waals surface area (Å²) in [5, 5.41) is 0. The van der Waals surface area contributed by atoms with Gasteiger partial charge in [0.2, 0.25) is 0 Å². The molecule has 0 amide bonds. The number of nitrogens with zero attached hydrogens (tertiary/aromatic N) is 3. The number of likely N-dealkylation sites (N-methyl/N-ethyl adjacent to an activating group) is 2. The molecule has 2 rings (SSSR count). The highest BCUT2D eigenvalue weighted by Crippen LogP contribution is 2.22. The Bertz CT molecular complexity index is 436. The van der Waals surface area contributed by atoms with Crippen LogP contribution in [0.3, 0.4) is 0 Å². The van der Waals surface area contributed by atoms with Crippen molar-refractivity contribution < 1.29 is 0 Å². The highest BCUT2D eigenvalue weighted by Gasteiger charge is 2.22. The Morgan fingerprint density at radius 1 is 1.45 bits per heavy atom. The minimum Gasteiger partial charge on any atom is -0.355 e. The predicted molar refractivity (Wildman–Crippen MR) is 86.7 cm³/mol. The first kappa shape index (κ1) is 15.6. The standard InChI is InChI=1S/C16H26ClN3/c1-4-6-14-9-13(11-17)10-16(18-14)20(3)15-7-5-8-19(2)12-15/h9-10,15H,4-8,11-12H2,1-3H3. The summed E-state index contributed by atoms with van der Waals surface area (Å²) in [6, 6.07) is 4.84. The lowest BCUT2D eigenvalue weighted by Gasteiger charge is -2.36. The molecule has 2 heterocycles. The third kappa shape index (κ3) is 3.86. The molecule has 1 aliphatic rings. The molecule has 1 aliphatic heterocycles. The lowest BCUT2D eigenvalue weighted by Crippen LogP contribution is -2.45. The first-order valence-corrected chi connectivity index (χ1v) is 8.14. The van der Waals surface area contributed by atoms with E-state index in [0.29, 0.717) is 11.9 Å². The van der Waals surface area contributed by atoms with Crippen molar-refractivity contribution in [3.8, 4) is 0 Å². The Kier molecular flexibility index (Phi) is 5.67. The van der Waals surface area contributed by atoms with Gasteiger partial charge in [-0.15, -0.1) is 11.6 Å². The first-order valence-electron chi connectivity index (χ1n) is 7.61. The minimum absolute atomic E-state index is 0.557. The van der Waals surface area contributed by atoms with E-state index in [4.69, 9.17) is 16.6 Å². The second-order valence-electron chi connectivity index (χ2n) is 5.88. The van der Waals surface area contributed by atoms with Gasteiger partial charge in [0.05, 0.1) is 0 Å². The summed E-state index contributed by atoms with van der Waals surface area (Å²) >= 11 is 6.03. The van der Waals surface area contributed by atoms with Crippen LogP contribution in [-0.4, -0.2) is 43.1 Å². The number of pyridine rings is 1. The van der Waals surface area contributed by atoms with Crippen LogP contribution < -0.4 is 4.90 Å². The fraction of sp³-hybridized carbons (Fsp3) is 0.688. The van der Waals surface area contributed by atoms with Crippen molar-refractivity contribution in [1.29, 1.82) is 0 Å². The number of likely N-dealkylation sites (tertiary alicyclic amines) is 1.